The van der Waals surface area contributed by atoms with Crippen LogP contribution < -0.4 is 5.32 Å². The van der Waals surface area contributed by atoms with Crippen LogP contribution in [0.4, 0.5) is 0 Å². The third-order valence-corrected chi connectivity index (χ3v) is 6.02. The predicted molar refractivity (Wildman–Crippen MR) is 114 cm³/mol. The van der Waals surface area contributed by atoms with Crippen LogP contribution >= 0.6 is 11.3 Å². The second-order valence-corrected chi connectivity index (χ2v) is 8.15. The molecule has 148 valence electrons. The lowest BCUT2D eigenvalue weighted by atomic mass is 9.87. The molecule has 2 aromatic carbocycles. The Labute approximate surface area is 173 Å². The molecule has 1 heterocycles. The van der Waals surface area contributed by atoms with Crippen molar-refractivity contribution in [2.75, 3.05) is 0 Å². The summed E-state index contributed by atoms with van der Waals surface area (Å²) in [7, 11) is 0. The van der Waals surface area contributed by atoms with Crippen LogP contribution in [0.25, 0.3) is 16.3 Å². The Bertz CT molecular complexity index is 1040. The first-order valence-electron chi connectivity index (χ1n) is 9.72. The van der Waals surface area contributed by atoms with Gasteiger partial charge in [0.2, 0.25) is 0 Å². The molecule has 3 aromatic rings. The molecule has 0 aliphatic heterocycles. The Hall–Kier alpha value is -2.99. The monoisotopic (exact) mass is 406 g/mol. The van der Waals surface area contributed by atoms with Gasteiger partial charge < -0.3 is 10.1 Å². The van der Waals surface area contributed by atoms with E-state index in [0.717, 1.165) is 40.1 Å². The van der Waals surface area contributed by atoms with Gasteiger partial charge in [-0.25, -0.2) is 9.78 Å². The predicted octanol–water partition coefficient (Wildman–Crippen LogP) is 4.44. The molecule has 0 radical (unpaired) electrons. The maximum atomic E-state index is 12.5. The van der Waals surface area contributed by atoms with Crippen molar-refractivity contribution in [3.05, 3.63) is 70.7 Å². The molecule has 0 saturated heterocycles. The number of hydrogen-bond donors (Lipinski definition) is 1. The van der Waals surface area contributed by atoms with Gasteiger partial charge in [-0.15, -0.1) is 11.3 Å². The van der Waals surface area contributed by atoms with Crippen molar-refractivity contribution in [2.24, 2.45) is 0 Å². The highest BCUT2D eigenvalue weighted by Gasteiger charge is 2.24. The number of hydrogen-bond acceptors (Lipinski definition) is 5. The van der Waals surface area contributed by atoms with Crippen LogP contribution in [0.2, 0.25) is 0 Å². The number of thiazole rings is 1. The second-order valence-electron chi connectivity index (χ2n) is 7.08. The fourth-order valence-electron chi connectivity index (χ4n) is 3.56. The fourth-order valence-corrected chi connectivity index (χ4v) is 4.43. The molecule has 0 bridgehead atoms. The first-order chi connectivity index (χ1) is 14.1. The molecule has 0 fully saturated rings. The van der Waals surface area contributed by atoms with Gasteiger partial charge in [-0.3, -0.25) is 4.79 Å². The molecule has 1 aromatic heterocycles. The van der Waals surface area contributed by atoms with Crippen molar-refractivity contribution in [1.82, 2.24) is 10.3 Å². The largest absolute Gasteiger partial charge is 0.449 e. The summed E-state index contributed by atoms with van der Waals surface area (Å²) in [6.45, 7) is 1.59. The summed E-state index contributed by atoms with van der Waals surface area (Å²) >= 11 is 1.50. The van der Waals surface area contributed by atoms with E-state index in [0.29, 0.717) is 0 Å². The van der Waals surface area contributed by atoms with Gasteiger partial charge in [-0.2, -0.15) is 0 Å². The van der Waals surface area contributed by atoms with Crippen molar-refractivity contribution >= 4 is 39.5 Å². The number of carbonyl (C=O) groups is 2. The first kappa shape index (κ1) is 19.3. The smallest absolute Gasteiger partial charge is 0.331 e. The van der Waals surface area contributed by atoms with Crippen LogP contribution in [0.5, 0.6) is 0 Å². The molecule has 1 amide bonds. The molecule has 1 aliphatic carbocycles. The van der Waals surface area contributed by atoms with Gasteiger partial charge in [0.15, 0.2) is 6.10 Å². The highest BCUT2D eigenvalue weighted by molar-refractivity contribution is 7.19. The van der Waals surface area contributed by atoms with Gasteiger partial charge >= 0.3 is 5.97 Å². The van der Waals surface area contributed by atoms with Crippen LogP contribution in [0.3, 0.4) is 0 Å². The van der Waals surface area contributed by atoms with E-state index >= 15 is 0 Å². The number of benzene rings is 2. The number of fused-ring (bicyclic) bond motifs is 2. The van der Waals surface area contributed by atoms with Crippen molar-refractivity contribution in [1.29, 1.82) is 0 Å². The maximum absolute atomic E-state index is 12.5. The van der Waals surface area contributed by atoms with E-state index in [4.69, 9.17) is 4.74 Å². The Morgan fingerprint density at radius 2 is 2.00 bits per heavy atom. The molecular weight excluding hydrogens is 384 g/mol. The number of amides is 1. The van der Waals surface area contributed by atoms with Crippen LogP contribution in [-0.4, -0.2) is 23.0 Å². The Kier molecular flexibility index (Phi) is 5.71. The Balaban J connectivity index is 1.34. The number of carbonyl (C=O) groups excluding carboxylic acids is 2. The molecule has 1 aliphatic rings. The Morgan fingerprint density at radius 1 is 1.21 bits per heavy atom. The third-order valence-electron chi connectivity index (χ3n) is 5.02. The van der Waals surface area contributed by atoms with E-state index in [1.54, 1.807) is 13.0 Å². The number of ether oxygens (including phenoxy) is 1. The summed E-state index contributed by atoms with van der Waals surface area (Å²) in [6, 6.07) is 15.9. The molecular formula is C23H22N2O3S. The molecule has 6 heteroatoms. The van der Waals surface area contributed by atoms with E-state index in [9.17, 15) is 9.59 Å². The number of rotatable bonds is 5. The van der Waals surface area contributed by atoms with Gasteiger partial charge in [0.25, 0.3) is 5.91 Å². The van der Waals surface area contributed by atoms with Crippen LogP contribution in [0.15, 0.2) is 54.6 Å². The van der Waals surface area contributed by atoms with Crippen molar-refractivity contribution in [3.63, 3.8) is 0 Å². The summed E-state index contributed by atoms with van der Waals surface area (Å²) < 4.78 is 6.33. The Morgan fingerprint density at radius 3 is 2.86 bits per heavy atom. The summed E-state index contributed by atoms with van der Waals surface area (Å²) in [6.07, 6.45) is 5.02. The normalized spacial score (nSPS) is 17.1. The molecule has 4 rings (SSSR count). The summed E-state index contributed by atoms with van der Waals surface area (Å²) in [5.74, 6) is -0.843. The van der Waals surface area contributed by atoms with Gasteiger partial charge in [0.1, 0.15) is 5.01 Å². The summed E-state index contributed by atoms with van der Waals surface area (Å²) in [5.41, 5.74) is 3.32. The number of aryl methyl sites for hydroxylation is 1. The molecule has 2 atom stereocenters. The minimum absolute atomic E-state index is 0.0353. The van der Waals surface area contributed by atoms with Crippen LogP contribution in [0.1, 0.15) is 41.9 Å². The van der Waals surface area contributed by atoms with Crippen molar-refractivity contribution in [3.8, 4) is 0 Å². The summed E-state index contributed by atoms with van der Waals surface area (Å²) in [4.78, 5) is 29.1. The zero-order chi connectivity index (χ0) is 20.2. The van der Waals surface area contributed by atoms with E-state index in [-0.39, 0.29) is 11.9 Å². The van der Waals surface area contributed by atoms with Crippen LogP contribution in [0, 0.1) is 0 Å². The quantitative estimate of drug-likeness (QED) is 0.503. The third kappa shape index (κ3) is 4.54. The average Bonchev–Trinajstić information content (AvgIpc) is 3.15. The molecule has 2 unspecified atom stereocenters. The fraction of sp³-hybridized carbons (Fsp3) is 0.261. The van der Waals surface area contributed by atoms with Crippen molar-refractivity contribution in [2.45, 2.75) is 38.3 Å². The second kappa shape index (κ2) is 8.57. The highest BCUT2D eigenvalue weighted by atomic mass is 32.1. The first-order valence-corrected chi connectivity index (χ1v) is 10.5. The van der Waals surface area contributed by atoms with Gasteiger partial charge in [0, 0.05) is 6.08 Å². The van der Waals surface area contributed by atoms with Crippen LogP contribution in [-0.2, 0) is 20.7 Å². The van der Waals surface area contributed by atoms with E-state index in [2.05, 4.69) is 22.4 Å². The zero-order valence-electron chi connectivity index (χ0n) is 16.1. The minimum Gasteiger partial charge on any atom is -0.449 e. The molecule has 29 heavy (non-hydrogen) atoms. The molecule has 5 nitrogen and oxygen atoms in total. The average molecular weight is 407 g/mol. The maximum Gasteiger partial charge on any atom is 0.331 e. The number of para-hydroxylation sites is 1. The minimum atomic E-state index is -0.864. The van der Waals surface area contributed by atoms with Gasteiger partial charge in [0.05, 0.1) is 16.3 Å². The topological polar surface area (TPSA) is 68.3 Å². The number of nitrogens with one attached hydrogen (secondary N) is 1. The summed E-state index contributed by atoms with van der Waals surface area (Å²) in [5, 5.41) is 3.74. The zero-order valence-corrected chi connectivity index (χ0v) is 16.9. The van der Waals surface area contributed by atoms with Crippen molar-refractivity contribution < 1.29 is 14.3 Å². The lowest BCUT2D eigenvalue weighted by molar-refractivity contribution is -0.150. The number of esters is 1. The van der Waals surface area contributed by atoms with E-state index in [1.165, 1.54) is 23.0 Å². The van der Waals surface area contributed by atoms with E-state index in [1.807, 2.05) is 36.4 Å². The van der Waals surface area contributed by atoms with Gasteiger partial charge in [-0.1, -0.05) is 36.4 Å². The van der Waals surface area contributed by atoms with E-state index < -0.39 is 12.1 Å². The SMILES string of the molecule is CC(OC(=O)C=Cc1nc2ccccc2s1)C(=O)NC1CCCc2ccccc21. The molecule has 0 saturated carbocycles. The number of aromatic nitrogens is 1. The molecule has 0 spiro atoms. The lowest BCUT2D eigenvalue weighted by Crippen LogP contribution is -2.39. The van der Waals surface area contributed by atoms with Gasteiger partial charge in [-0.05, 0) is 55.5 Å². The highest BCUT2D eigenvalue weighted by Crippen LogP contribution is 2.29. The lowest BCUT2D eigenvalue weighted by Gasteiger charge is -2.27. The standard InChI is InChI=1S/C23H22N2O3S/c1-15(23(27)25-18-11-6-8-16-7-2-3-9-17(16)18)28-22(26)14-13-21-24-19-10-4-5-12-20(19)29-21/h2-5,7,9-10,12-15,18H,6,8,11H2,1H3,(H,25,27). The number of nitrogens with zero attached hydrogens (tertiary/aromatic N) is 1. The molecule has 1 N–H and O–H groups in total.